The van der Waals surface area contributed by atoms with Crippen molar-refractivity contribution >= 4 is 11.6 Å². The van der Waals surface area contributed by atoms with Crippen molar-refractivity contribution in [1.82, 2.24) is 5.32 Å². The molecule has 1 N–H and O–H groups in total. The summed E-state index contributed by atoms with van der Waals surface area (Å²) in [7, 11) is 0. The van der Waals surface area contributed by atoms with Crippen molar-refractivity contribution in [2.24, 2.45) is 0 Å². The summed E-state index contributed by atoms with van der Waals surface area (Å²) >= 11 is 0. The van der Waals surface area contributed by atoms with Gasteiger partial charge in [0.05, 0.1) is 0 Å². The van der Waals surface area contributed by atoms with Gasteiger partial charge in [-0.05, 0) is 64.2 Å². The van der Waals surface area contributed by atoms with E-state index in [2.05, 4.69) is 34.5 Å². The highest BCUT2D eigenvalue weighted by atomic mass is 16.1. The van der Waals surface area contributed by atoms with Crippen LogP contribution in [0.4, 0.5) is 5.69 Å². The molecule has 0 unspecified atom stereocenters. The summed E-state index contributed by atoms with van der Waals surface area (Å²) in [5.41, 5.74) is 2.41. The molecule has 3 heteroatoms. The number of carbonyl (C=O) groups excluding carboxylic acids is 1. The van der Waals surface area contributed by atoms with E-state index in [1.54, 1.807) is 0 Å². The van der Waals surface area contributed by atoms with Crippen LogP contribution in [0.1, 0.15) is 52.0 Å². The SMILES string of the molecule is CC(C)(C)NC(=O)CCc1ccc(N2CCCCC2)cc1. The maximum Gasteiger partial charge on any atom is 0.220 e. The van der Waals surface area contributed by atoms with E-state index in [0.717, 1.165) is 6.42 Å². The van der Waals surface area contributed by atoms with Crippen LogP contribution in [0.5, 0.6) is 0 Å². The first kappa shape index (κ1) is 15.9. The first-order valence-electron chi connectivity index (χ1n) is 8.09. The summed E-state index contributed by atoms with van der Waals surface area (Å²) < 4.78 is 0. The molecule has 1 heterocycles. The fourth-order valence-corrected chi connectivity index (χ4v) is 2.76. The van der Waals surface area contributed by atoms with Crippen molar-refractivity contribution in [3.8, 4) is 0 Å². The van der Waals surface area contributed by atoms with Gasteiger partial charge in [0.15, 0.2) is 0 Å². The summed E-state index contributed by atoms with van der Waals surface area (Å²) in [6.07, 6.45) is 5.32. The number of anilines is 1. The largest absolute Gasteiger partial charge is 0.372 e. The fraction of sp³-hybridized carbons (Fsp3) is 0.611. The third-order valence-corrected chi connectivity index (χ3v) is 3.81. The van der Waals surface area contributed by atoms with E-state index in [9.17, 15) is 4.79 Å². The Hall–Kier alpha value is -1.51. The van der Waals surface area contributed by atoms with Gasteiger partial charge in [0.1, 0.15) is 0 Å². The van der Waals surface area contributed by atoms with Gasteiger partial charge in [-0.1, -0.05) is 12.1 Å². The third-order valence-electron chi connectivity index (χ3n) is 3.81. The normalized spacial score (nSPS) is 15.9. The average Bonchev–Trinajstić information content (AvgIpc) is 2.45. The van der Waals surface area contributed by atoms with Crippen molar-refractivity contribution in [2.75, 3.05) is 18.0 Å². The molecule has 1 aromatic carbocycles. The first-order valence-corrected chi connectivity index (χ1v) is 8.09. The third kappa shape index (κ3) is 5.41. The Morgan fingerprint density at radius 3 is 2.29 bits per heavy atom. The number of hydrogen-bond acceptors (Lipinski definition) is 2. The summed E-state index contributed by atoms with van der Waals surface area (Å²) in [6.45, 7) is 8.38. The molecule has 2 rings (SSSR count). The molecule has 1 aliphatic heterocycles. The highest BCUT2D eigenvalue weighted by molar-refractivity contribution is 5.76. The van der Waals surface area contributed by atoms with E-state index in [1.807, 2.05) is 20.8 Å². The molecule has 3 nitrogen and oxygen atoms in total. The summed E-state index contributed by atoms with van der Waals surface area (Å²) in [6, 6.07) is 8.72. The molecule has 1 aromatic rings. The zero-order valence-corrected chi connectivity index (χ0v) is 13.6. The minimum absolute atomic E-state index is 0.127. The van der Waals surface area contributed by atoms with E-state index in [0.29, 0.717) is 6.42 Å². The van der Waals surface area contributed by atoms with E-state index in [4.69, 9.17) is 0 Å². The Morgan fingerprint density at radius 1 is 1.10 bits per heavy atom. The van der Waals surface area contributed by atoms with Gasteiger partial charge in [0.25, 0.3) is 0 Å². The van der Waals surface area contributed by atoms with Crippen LogP contribution in [-0.4, -0.2) is 24.5 Å². The lowest BCUT2D eigenvalue weighted by Crippen LogP contribution is -2.40. The number of nitrogens with one attached hydrogen (secondary N) is 1. The Morgan fingerprint density at radius 2 is 1.71 bits per heavy atom. The van der Waals surface area contributed by atoms with Gasteiger partial charge in [-0.2, -0.15) is 0 Å². The van der Waals surface area contributed by atoms with E-state index < -0.39 is 0 Å². The van der Waals surface area contributed by atoms with Gasteiger partial charge < -0.3 is 10.2 Å². The van der Waals surface area contributed by atoms with Crippen LogP contribution in [-0.2, 0) is 11.2 Å². The zero-order chi connectivity index (χ0) is 15.3. The monoisotopic (exact) mass is 288 g/mol. The second-order valence-corrected chi connectivity index (χ2v) is 7.01. The quantitative estimate of drug-likeness (QED) is 0.919. The summed E-state index contributed by atoms with van der Waals surface area (Å²) in [5.74, 6) is 0.127. The molecule has 1 amide bonds. The Labute approximate surface area is 128 Å². The number of nitrogens with zero attached hydrogens (tertiary/aromatic N) is 1. The fourth-order valence-electron chi connectivity index (χ4n) is 2.76. The number of carbonyl (C=O) groups is 1. The van der Waals surface area contributed by atoms with Crippen LogP contribution in [0.2, 0.25) is 0 Å². The molecule has 0 aromatic heterocycles. The molecule has 21 heavy (non-hydrogen) atoms. The Kier molecular flexibility index (Phi) is 5.27. The minimum atomic E-state index is -0.144. The minimum Gasteiger partial charge on any atom is -0.372 e. The lowest BCUT2D eigenvalue weighted by Gasteiger charge is -2.28. The second kappa shape index (κ2) is 6.97. The predicted molar refractivity (Wildman–Crippen MR) is 88.7 cm³/mol. The van der Waals surface area contributed by atoms with Crippen LogP contribution < -0.4 is 10.2 Å². The molecule has 0 aliphatic carbocycles. The van der Waals surface area contributed by atoms with Crippen LogP contribution in [0, 0.1) is 0 Å². The molecule has 1 aliphatic rings. The maximum atomic E-state index is 11.8. The highest BCUT2D eigenvalue weighted by Crippen LogP contribution is 2.20. The number of aryl methyl sites for hydroxylation is 1. The van der Waals surface area contributed by atoms with Gasteiger partial charge in [-0.25, -0.2) is 0 Å². The zero-order valence-electron chi connectivity index (χ0n) is 13.6. The van der Waals surface area contributed by atoms with Crippen LogP contribution in [0.3, 0.4) is 0 Å². The molecule has 1 saturated heterocycles. The topological polar surface area (TPSA) is 32.3 Å². The van der Waals surface area contributed by atoms with Crippen molar-refractivity contribution in [1.29, 1.82) is 0 Å². The lowest BCUT2D eigenvalue weighted by molar-refractivity contribution is -0.122. The van der Waals surface area contributed by atoms with Gasteiger partial charge in [0, 0.05) is 30.7 Å². The van der Waals surface area contributed by atoms with E-state index in [-0.39, 0.29) is 11.4 Å². The van der Waals surface area contributed by atoms with Gasteiger partial charge in [-0.3, -0.25) is 4.79 Å². The molecule has 0 atom stereocenters. The number of hydrogen-bond donors (Lipinski definition) is 1. The van der Waals surface area contributed by atoms with Crippen molar-refractivity contribution in [3.63, 3.8) is 0 Å². The first-order chi connectivity index (χ1) is 9.94. The molecular weight excluding hydrogens is 260 g/mol. The lowest BCUT2D eigenvalue weighted by atomic mass is 10.1. The van der Waals surface area contributed by atoms with Crippen molar-refractivity contribution in [3.05, 3.63) is 29.8 Å². The molecular formula is C18H28N2O. The smallest absolute Gasteiger partial charge is 0.220 e. The summed E-state index contributed by atoms with van der Waals surface area (Å²) in [4.78, 5) is 14.3. The van der Waals surface area contributed by atoms with Crippen LogP contribution in [0.25, 0.3) is 0 Å². The number of amides is 1. The van der Waals surface area contributed by atoms with Gasteiger partial charge in [0.2, 0.25) is 5.91 Å². The van der Waals surface area contributed by atoms with Crippen molar-refractivity contribution in [2.45, 2.75) is 58.4 Å². The second-order valence-electron chi connectivity index (χ2n) is 7.01. The van der Waals surface area contributed by atoms with Crippen molar-refractivity contribution < 1.29 is 4.79 Å². The molecule has 116 valence electrons. The number of rotatable bonds is 4. The predicted octanol–water partition coefficient (Wildman–Crippen LogP) is 3.52. The molecule has 0 bridgehead atoms. The molecule has 0 spiro atoms. The Bertz CT molecular complexity index is 453. The standard InChI is InChI=1S/C18H28N2O/c1-18(2,3)19-17(21)12-9-15-7-10-16(11-8-15)20-13-5-4-6-14-20/h7-8,10-11H,4-6,9,12-14H2,1-3H3,(H,19,21). The average molecular weight is 288 g/mol. The van der Waals surface area contributed by atoms with Crippen LogP contribution >= 0.6 is 0 Å². The Balaban J connectivity index is 1.83. The van der Waals surface area contributed by atoms with E-state index in [1.165, 1.54) is 43.6 Å². The molecule has 0 radical (unpaired) electrons. The van der Waals surface area contributed by atoms with Gasteiger partial charge >= 0.3 is 0 Å². The number of benzene rings is 1. The van der Waals surface area contributed by atoms with Crippen LogP contribution in [0.15, 0.2) is 24.3 Å². The highest BCUT2D eigenvalue weighted by Gasteiger charge is 2.14. The number of piperidine rings is 1. The maximum absolute atomic E-state index is 11.8. The molecule has 1 fully saturated rings. The van der Waals surface area contributed by atoms with E-state index >= 15 is 0 Å². The molecule has 0 saturated carbocycles. The van der Waals surface area contributed by atoms with Gasteiger partial charge in [-0.15, -0.1) is 0 Å². The summed E-state index contributed by atoms with van der Waals surface area (Å²) in [5, 5.41) is 3.01.